The highest BCUT2D eigenvalue weighted by Gasteiger charge is 2.24. The smallest absolute Gasteiger partial charge is 0.232 e. The zero-order chi connectivity index (χ0) is 13.3. The van der Waals surface area contributed by atoms with E-state index in [9.17, 15) is 0 Å². The molecular formula is C11H20N6O. The number of nitrogens with zero attached hydrogens (tertiary/aromatic N) is 5. The standard InChI is InChI=1S/C11H20N6O/c1-7-5-17(6-8(2)18-7)11-14-9(12)13-10(15-11)16(3)4/h7-8H,5-6H2,1-4H3,(H2,12,13,14,15). The first-order chi connectivity index (χ1) is 8.45. The number of hydrogen-bond donors (Lipinski definition) is 1. The molecule has 7 heteroatoms. The first kappa shape index (κ1) is 12.8. The molecule has 1 aromatic rings. The number of nitrogens with two attached hydrogens (primary N) is 1. The summed E-state index contributed by atoms with van der Waals surface area (Å²) in [6.45, 7) is 5.61. The summed E-state index contributed by atoms with van der Waals surface area (Å²) in [5.74, 6) is 1.44. The number of nitrogen functional groups attached to an aromatic ring is 1. The van der Waals surface area contributed by atoms with Crippen LogP contribution in [0.3, 0.4) is 0 Å². The van der Waals surface area contributed by atoms with Gasteiger partial charge in [0.2, 0.25) is 17.8 Å². The van der Waals surface area contributed by atoms with Gasteiger partial charge in [-0.25, -0.2) is 0 Å². The molecule has 0 aromatic carbocycles. The van der Waals surface area contributed by atoms with Crippen molar-refractivity contribution in [2.45, 2.75) is 26.1 Å². The zero-order valence-electron chi connectivity index (χ0n) is 11.3. The Morgan fingerprint density at radius 3 is 2.33 bits per heavy atom. The van der Waals surface area contributed by atoms with Crippen molar-refractivity contribution in [3.05, 3.63) is 0 Å². The largest absolute Gasteiger partial charge is 0.372 e. The lowest BCUT2D eigenvalue weighted by molar-refractivity contribution is -0.00571. The van der Waals surface area contributed by atoms with Gasteiger partial charge in [0.15, 0.2) is 0 Å². The fourth-order valence-corrected chi connectivity index (χ4v) is 2.05. The molecule has 2 heterocycles. The van der Waals surface area contributed by atoms with E-state index in [0.717, 1.165) is 13.1 Å². The van der Waals surface area contributed by atoms with E-state index in [1.807, 2.05) is 32.8 Å². The van der Waals surface area contributed by atoms with Crippen molar-refractivity contribution in [1.29, 1.82) is 0 Å². The number of aromatic nitrogens is 3. The molecule has 7 nitrogen and oxygen atoms in total. The van der Waals surface area contributed by atoms with E-state index in [-0.39, 0.29) is 18.2 Å². The summed E-state index contributed by atoms with van der Waals surface area (Å²) in [5.41, 5.74) is 5.73. The van der Waals surface area contributed by atoms with Gasteiger partial charge in [0.05, 0.1) is 12.2 Å². The van der Waals surface area contributed by atoms with E-state index in [1.54, 1.807) is 0 Å². The third-order valence-corrected chi connectivity index (χ3v) is 2.73. The van der Waals surface area contributed by atoms with Crippen LogP contribution < -0.4 is 15.5 Å². The SMILES string of the molecule is CC1CN(c2nc(N)nc(N(C)C)n2)CC(C)O1. The van der Waals surface area contributed by atoms with E-state index in [4.69, 9.17) is 10.5 Å². The topological polar surface area (TPSA) is 80.4 Å². The molecule has 1 aliphatic heterocycles. The molecule has 2 unspecified atom stereocenters. The lowest BCUT2D eigenvalue weighted by Gasteiger charge is -2.35. The molecule has 2 atom stereocenters. The number of rotatable bonds is 2. The average Bonchev–Trinajstić information content (AvgIpc) is 2.26. The van der Waals surface area contributed by atoms with Gasteiger partial charge in [-0.1, -0.05) is 0 Å². The molecule has 0 radical (unpaired) electrons. The van der Waals surface area contributed by atoms with Crippen molar-refractivity contribution in [3.63, 3.8) is 0 Å². The third kappa shape index (κ3) is 2.79. The van der Waals surface area contributed by atoms with E-state index in [0.29, 0.717) is 11.9 Å². The van der Waals surface area contributed by atoms with Gasteiger partial charge >= 0.3 is 0 Å². The van der Waals surface area contributed by atoms with Crippen LogP contribution in [0.1, 0.15) is 13.8 Å². The van der Waals surface area contributed by atoms with Crippen LogP contribution in [0.4, 0.5) is 17.8 Å². The van der Waals surface area contributed by atoms with E-state index < -0.39 is 0 Å². The Hall–Kier alpha value is -1.63. The second-order valence-corrected chi connectivity index (χ2v) is 4.85. The summed E-state index contributed by atoms with van der Waals surface area (Å²) in [6, 6.07) is 0. The predicted octanol–water partition coefficient (Wildman–Crippen LogP) is 0.133. The fraction of sp³-hybridized carbons (Fsp3) is 0.727. The number of hydrogen-bond acceptors (Lipinski definition) is 7. The van der Waals surface area contributed by atoms with Crippen molar-refractivity contribution < 1.29 is 4.74 Å². The van der Waals surface area contributed by atoms with Gasteiger partial charge in [0.25, 0.3) is 0 Å². The summed E-state index contributed by atoms with van der Waals surface area (Å²) in [6.07, 6.45) is 0.323. The minimum absolute atomic E-state index is 0.162. The van der Waals surface area contributed by atoms with Crippen molar-refractivity contribution in [2.75, 3.05) is 42.7 Å². The first-order valence-corrected chi connectivity index (χ1v) is 6.05. The Morgan fingerprint density at radius 2 is 1.78 bits per heavy atom. The van der Waals surface area contributed by atoms with Gasteiger partial charge in [0.1, 0.15) is 0 Å². The molecule has 0 saturated carbocycles. The van der Waals surface area contributed by atoms with Crippen LogP contribution >= 0.6 is 0 Å². The van der Waals surface area contributed by atoms with Crippen molar-refractivity contribution in [2.24, 2.45) is 0 Å². The molecule has 1 aliphatic rings. The van der Waals surface area contributed by atoms with Gasteiger partial charge in [-0.15, -0.1) is 0 Å². The maximum atomic E-state index is 5.73. The first-order valence-electron chi connectivity index (χ1n) is 6.05. The minimum Gasteiger partial charge on any atom is -0.372 e. The number of anilines is 3. The van der Waals surface area contributed by atoms with Gasteiger partial charge in [-0.05, 0) is 13.8 Å². The fourth-order valence-electron chi connectivity index (χ4n) is 2.05. The highest BCUT2D eigenvalue weighted by molar-refractivity contribution is 5.43. The Bertz CT molecular complexity index is 414. The highest BCUT2D eigenvalue weighted by Crippen LogP contribution is 2.18. The molecule has 18 heavy (non-hydrogen) atoms. The van der Waals surface area contributed by atoms with Crippen LogP contribution in [-0.2, 0) is 4.74 Å². The summed E-state index contributed by atoms with van der Waals surface area (Å²) >= 11 is 0. The van der Waals surface area contributed by atoms with Crippen LogP contribution in [-0.4, -0.2) is 54.3 Å². The van der Waals surface area contributed by atoms with Crippen LogP contribution in [0.2, 0.25) is 0 Å². The summed E-state index contributed by atoms with van der Waals surface area (Å²) in [7, 11) is 3.76. The molecule has 0 bridgehead atoms. The lowest BCUT2D eigenvalue weighted by atomic mass is 10.2. The molecule has 1 fully saturated rings. The maximum absolute atomic E-state index is 5.73. The van der Waals surface area contributed by atoms with Gasteiger partial charge in [-0.2, -0.15) is 15.0 Å². The summed E-state index contributed by atoms with van der Waals surface area (Å²) in [5, 5.41) is 0. The predicted molar refractivity (Wildman–Crippen MR) is 70.8 cm³/mol. The second-order valence-electron chi connectivity index (χ2n) is 4.85. The van der Waals surface area contributed by atoms with Crippen molar-refractivity contribution >= 4 is 17.8 Å². The quantitative estimate of drug-likeness (QED) is 0.801. The van der Waals surface area contributed by atoms with Crippen molar-refractivity contribution in [3.8, 4) is 0 Å². The third-order valence-electron chi connectivity index (χ3n) is 2.73. The molecule has 2 N–H and O–H groups in total. The Morgan fingerprint density at radius 1 is 1.17 bits per heavy atom. The monoisotopic (exact) mass is 252 g/mol. The van der Waals surface area contributed by atoms with Gasteiger partial charge < -0.3 is 20.3 Å². The number of morpholine rings is 1. The molecule has 0 spiro atoms. The van der Waals surface area contributed by atoms with Gasteiger partial charge in [0, 0.05) is 27.2 Å². The van der Waals surface area contributed by atoms with E-state index >= 15 is 0 Å². The minimum atomic E-state index is 0.162. The zero-order valence-corrected chi connectivity index (χ0v) is 11.3. The van der Waals surface area contributed by atoms with Crippen LogP contribution in [0.15, 0.2) is 0 Å². The molecule has 1 aromatic heterocycles. The van der Waals surface area contributed by atoms with E-state index in [2.05, 4.69) is 19.9 Å². The van der Waals surface area contributed by atoms with Crippen LogP contribution in [0, 0.1) is 0 Å². The second kappa shape index (κ2) is 4.93. The summed E-state index contributed by atoms with van der Waals surface area (Å²) < 4.78 is 5.69. The van der Waals surface area contributed by atoms with Crippen LogP contribution in [0.5, 0.6) is 0 Å². The van der Waals surface area contributed by atoms with Crippen LogP contribution in [0.25, 0.3) is 0 Å². The Balaban J connectivity index is 2.26. The molecule has 0 aliphatic carbocycles. The van der Waals surface area contributed by atoms with Crippen molar-refractivity contribution in [1.82, 2.24) is 15.0 Å². The highest BCUT2D eigenvalue weighted by atomic mass is 16.5. The summed E-state index contributed by atoms with van der Waals surface area (Å²) in [4.78, 5) is 16.6. The molecule has 0 amide bonds. The molecule has 100 valence electrons. The average molecular weight is 252 g/mol. The molecule has 2 rings (SSSR count). The molecule has 1 saturated heterocycles. The number of ether oxygens (including phenoxy) is 1. The van der Waals surface area contributed by atoms with E-state index in [1.165, 1.54) is 0 Å². The molecular weight excluding hydrogens is 232 g/mol. The Labute approximate surface area is 107 Å². The lowest BCUT2D eigenvalue weighted by Crippen LogP contribution is -2.46. The normalized spacial score (nSPS) is 24.1. The Kier molecular flexibility index (Phi) is 3.51. The van der Waals surface area contributed by atoms with Gasteiger partial charge in [-0.3, -0.25) is 0 Å². The maximum Gasteiger partial charge on any atom is 0.232 e.